The molecule has 5 amide bonds. The SMILES string of the molecule is Cc1c(-c2ccc(N3CCc4cccc(C(=O)Nc5nc6ccccc6s5)c4C3)nc2C(=O)O)cnn1CC12CC3(C)CC(C)(CC(CCCN(C(=O)OC/C=C/c4ccc(O[C@@H]5O[C@H](C(=O)O)[C@@H](O)C(O)[C@H]5O)c(NC(=O)CCCC(=O)CCCCCN5C(=O)C=CC5=O)c4)C4COC4)(C3)C1)C2. The maximum atomic E-state index is 14.1. The van der Waals surface area contributed by atoms with E-state index in [1.165, 1.54) is 35.6 Å². The van der Waals surface area contributed by atoms with Crippen LogP contribution in [0.3, 0.4) is 0 Å². The number of ketones is 1. The number of hydrogen-bond acceptors (Lipinski definition) is 20. The number of aromatic carboxylic acids is 1. The topological polar surface area (TPSA) is 352 Å². The van der Waals surface area contributed by atoms with Crippen molar-refractivity contribution in [1.82, 2.24) is 29.5 Å². The van der Waals surface area contributed by atoms with Crippen molar-refractivity contribution in [2.45, 2.75) is 173 Å². The average Bonchev–Trinajstić information content (AvgIpc) is 1.10. The first-order valence-electron chi connectivity index (χ1n) is 35.4. The second-order valence-electron chi connectivity index (χ2n) is 29.9. The van der Waals surface area contributed by atoms with Gasteiger partial charge in [-0.1, -0.05) is 68.0 Å². The van der Waals surface area contributed by atoms with Crippen molar-refractivity contribution in [3.63, 3.8) is 0 Å². The van der Waals surface area contributed by atoms with Crippen LogP contribution in [0.25, 0.3) is 27.4 Å². The lowest BCUT2D eigenvalue weighted by molar-refractivity contribution is -0.271. The number of ether oxygens (including phenoxy) is 4. The molecule has 3 aromatic carbocycles. The van der Waals surface area contributed by atoms with Gasteiger partial charge in [-0.05, 0) is 171 Å². The fourth-order valence-electron chi connectivity index (χ4n) is 18.1. The van der Waals surface area contributed by atoms with E-state index in [-0.39, 0.29) is 107 Å². The summed E-state index contributed by atoms with van der Waals surface area (Å²) in [6, 6.07) is 21.5. The molecule has 4 aliphatic carbocycles. The number of nitrogens with one attached hydrogen (secondary N) is 2. The smallest absolute Gasteiger partial charge is 0.410 e. The monoisotopic (exact) mass is 1430 g/mol. The second-order valence-corrected chi connectivity index (χ2v) is 30.9. The van der Waals surface area contributed by atoms with E-state index in [4.69, 9.17) is 29.0 Å². The molecule has 3 unspecified atom stereocenters. The Kier molecular flexibility index (Phi) is 20.9. The molecule has 7 N–H and O–H groups in total. The van der Waals surface area contributed by atoms with Gasteiger partial charge in [-0.3, -0.25) is 38.9 Å². The predicted molar refractivity (Wildman–Crippen MR) is 379 cm³/mol. The van der Waals surface area contributed by atoms with Crippen LogP contribution in [0.4, 0.5) is 21.4 Å². The number of nitrogens with zero attached hydrogens (tertiary/aromatic N) is 7. The summed E-state index contributed by atoms with van der Waals surface area (Å²) in [6.45, 7) is 9.86. The molecule has 4 aliphatic heterocycles. The molecule has 8 aliphatic rings. The molecule has 4 bridgehead atoms. The summed E-state index contributed by atoms with van der Waals surface area (Å²) in [6.07, 6.45) is 8.35. The first-order valence-corrected chi connectivity index (χ1v) is 36.2. The third kappa shape index (κ3) is 15.8. The van der Waals surface area contributed by atoms with Crippen molar-refractivity contribution in [3.05, 3.63) is 131 Å². The zero-order chi connectivity index (χ0) is 72.5. The molecule has 27 heteroatoms. The molecule has 14 rings (SSSR count). The van der Waals surface area contributed by atoms with Crippen LogP contribution >= 0.6 is 11.3 Å². The predicted octanol–water partition coefficient (Wildman–Crippen LogP) is 9.51. The number of carbonyl (C=O) groups is 8. The highest BCUT2D eigenvalue weighted by atomic mass is 32.1. The largest absolute Gasteiger partial charge is 0.479 e. The quantitative estimate of drug-likeness (QED) is 0.0170. The number of carboxylic acid groups (broad SMARTS) is 2. The van der Waals surface area contributed by atoms with E-state index in [0.29, 0.717) is 98.3 Å². The molecule has 103 heavy (non-hydrogen) atoms. The van der Waals surface area contributed by atoms with Crippen molar-refractivity contribution in [3.8, 4) is 16.9 Å². The number of aromatic nitrogens is 4. The zero-order valence-corrected chi connectivity index (χ0v) is 58.7. The molecule has 4 saturated carbocycles. The molecule has 7 heterocycles. The summed E-state index contributed by atoms with van der Waals surface area (Å²) < 4.78 is 25.8. The van der Waals surface area contributed by atoms with E-state index in [1.807, 2.05) is 66.4 Å². The van der Waals surface area contributed by atoms with Gasteiger partial charge < -0.3 is 59.6 Å². The minimum absolute atomic E-state index is 0.0108. The number of imide groups is 1. The Bertz CT molecular complexity index is 4280. The average molecular weight is 1430 g/mol. The number of benzene rings is 3. The summed E-state index contributed by atoms with van der Waals surface area (Å²) >= 11 is 1.41. The fraction of sp³-hybridized carbons (Fsp3) is 0.487. The number of rotatable bonds is 29. The lowest BCUT2D eigenvalue weighted by atomic mass is 9.35. The first kappa shape index (κ1) is 72.1. The van der Waals surface area contributed by atoms with Crippen LogP contribution in [-0.4, -0.2) is 179 Å². The van der Waals surface area contributed by atoms with E-state index in [9.17, 15) is 63.9 Å². The maximum absolute atomic E-state index is 14.1. The number of para-hydroxylation sites is 1. The Balaban J connectivity index is 0.630. The van der Waals surface area contributed by atoms with Crippen molar-refractivity contribution < 1.29 is 82.8 Å². The summed E-state index contributed by atoms with van der Waals surface area (Å²) in [5.41, 5.74) is 5.89. The Hall–Kier alpha value is -9.25. The van der Waals surface area contributed by atoms with Gasteiger partial charge in [0.25, 0.3) is 17.7 Å². The van der Waals surface area contributed by atoms with Crippen LogP contribution in [0.1, 0.15) is 153 Å². The number of carboxylic acids is 2. The second kappa shape index (κ2) is 29.8. The van der Waals surface area contributed by atoms with Crippen molar-refractivity contribution in [2.75, 3.05) is 55.0 Å². The maximum Gasteiger partial charge on any atom is 0.410 e. The molecule has 0 radical (unpaired) electrons. The number of carbonyl (C=O) groups excluding carboxylic acids is 6. The Labute approximate surface area is 599 Å². The van der Waals surface area contributed by atoms with Gasteiger partial charge in [0.1, 0.15) is 42.3 Å². The number of aliphatic carboxylic acids is 1. The number of aliphatic hydroxyl groups is 3. The van der Waals surface area contributed by atoms with Crippen LogP contribution in [0.2, 0.25) is 0 Å². The molecular weight excluding hydrogens is 1340 g/mol. The van der Waals surface area contributed by atoms with E-state index in [0.717, 1.165) is 83.3 Å². The van der Waals surface area contributed by atoms with Gasteiger partial charge in [0, 0.05) is 86.5 Å². The lowest BCUT2D eigenvalue weighted by Gasteiger charge is -2.70. The van der Waals surface area contributed by atoms with Gasteiger partial charge in [0.2, 0.25) is 12.2 Å². The third-order valence-corrected chi connectivity index (χ3v) is 22.5. The minimum Gasteiger partial charge on any atom is -0.479 e. The van der Waals surface area contributed by atoms with E-state index >= 15 is 0 Å². The highest BCUT2D eigenvalue weighted by Crippen LogP contribution is 2.75. The molecule has 3 aromatic heterocycles. The van der Waals surface area contributed by atoms with E-state index < -0.39 is 54.6 Å². The van der Waals surface area contributed by atoms with Crippen LogP contribution in [0.5, 0.6) is 5.75 Å². The highest BCUT2D eigenvalue weighted by Gasteiger charge is 2.65. The summed E-state index contributed by atoms with van der Waals surface area (Å²) in [7, 11) is 0. The molecule has 544 valence electrons. The molecule has 6 fully saturated rings. The summed E-state index contributed by atoms with van der Waals surface area (Å²) in [5.74, 6) is -3.88. The van der Waals surface area contributed by atoms with Crippen LogP contribution in [-0.2, 0) is 57.7 Å². The Morgan fingerprint density at radius 2 is 1.54 bits per heavy atom. The number of thiazole rings is 1. The summed E-state index contributed by atoms with van der Waals surface area (Å²) in [4.78, 5) is 117. The van der Waals surface area contributed by atoms with Gasteiger partial charge in [-0.15, -0.1) is 0 Å². The lowest BCUT2D eigenvalue weighted by Crippen LogP contribution is -2.61. The Morgan fingerprint density at radius 3 is 2.28 bits per heavy atom. The number of Topliss-reactive ketones (excluding diaryl/α,β-unsaturated/α-hetero) is 1. The zero-order valence-electron chi connectivity index (χ0n) is 57.9. The number of aliphatic hydroxyl groups excluding tert-OH is 3. The van der Waals surface area contributed by atoms with Crippen LogP contribution in [0, 0.1) is 28.6 Å². The number of anilines is 3. The normalized spacial score (nSPS) is 25.6. The molecule has 2 saturated heterocycles. The van der Waals surface area contributed by atoms with Crippen LogP contribution < -0.4 is 20.3 Å². The number of pyridine rings is 1. The molecule has 26 nitrogen and oxygen atoms in total. The molecular formula is C76H87N9O17S. The number of fused-ring (bicyclic) bond motifs is 2. The van der Waals surface area contributed by atoms with Gasteiger partial charge in [-0.25, -0.2) is 24.4 Å². The molecule has 7 atom stereocenters. The number of unbranched alkanes of at least 4 members (excludes halogenated alkanes) is 2. The van der Waals surface area contributed by atoms with Gasteiger partial charge in [0.15, 0.2) is 16.9 Å². The van der Waals surface area contributed by atoms with E-state index in [2.05, 4.69) is 34.1 Å². The number of hydrogen-bond donors (Lipinski definition) is 7. The van der Waals surface area contributed by atoms with Gasteiger partial charge >= 0.3 is 18.0 Å². The Morgan fingerprint density at radius 1 is 0.786 bits per heavy atom. The molecule has 0 spiro atoms. The standard InChI is InChI=1S/C76H87N9O17S/c1-45-52(50-22-24-58(80-62(50)68(94)95)82-31-27-47-14-9-17-51(53(47)35-82)67(93)81-71-79-54-18-6-7-19-57(54)103-71)34-77-85(45)44-76-41-73(2)38-74(3,42-76)40-75(39-73,43-76)28-12-30-83(48-36-99-37-48)72(98)100-32-11-13-46-21-23-56(101-70-65(92)63(90)64(91)66(102-70)69(96)97)55(33-46)78-59(87)20-10-16-49(86)15-5-4-8-29-84-60(88)25-26-61(84)89/h6-7,9,11,13-14,17-19,21-26,33-34,48,63-66,70,90-92H,4-5,8,10,12,15-16,20,27-32,35-44H2,1-3H3,(H,78,87)(H,94,95)(H,96,97)(H,79,81,93)/b13-11+/t63?,64-,65+,66-,70+,73?,74?,75?,76?/m0/s1. The van der Waals surface area contributed by atoms with Crippen molar-refractivity contribution in [1.29, 1.82) is 0 Å². The fourth-order valence-corrected chi connectivity index (χ4v) is 18.9. The van der Waals surface area contributed by atoms with Crippen LogP contribution in [0.15, 0.2) is 97.2 Å². The minimum atomic E-state index is -1.97. The van der Waals surface area contributed by atoms with E-state index in [1.54, 1.807) is 29.3 Å². The van der Waals surface area contributed by atoms with Gasteiger partial charge in [-0.2, -0.15) is 5.10 Å². The van der Waals surface area contributed by atoms with Gasteiger partial charge in [0.05, 0.1) is 41.4 Å². The third-order valence-electron chi connectivity index (χ3n) is 21.6. The highest BCUT2D eigenvalue weighted by molar-refractivity contribution is 7.22. The summed E-state index contributed by atoms with van der Waals surface area (Å²) in [5, 5.41) is 63.3. The number of amides is 5. The van der Waals surface area contributed by atoms with Crippen molar-refractivity contribution in [2.24, 2.45) is 21.7 Å². The van der Waals surface area contributed by atoms with Crippen molar-refractivity contribution >= 4 is 91.7 Å². The molecule has 6 aromatic rings. The first-order chi connectivity index (χ1) is 49.3.